The summed E-state index contributed by atoms with van der Waals surface area (Å²) in [4.78, 5) is 14.8. The zero-order valence-corrected chi connectivity index (χ0v) is 18.9. The maximum Gasteiger partial charge on any atom is 0.317 e. The summed E-state index contributed by atoms with van der Waals surface area (Å²) in [5.74, 6) is 0.115. The smallest absolute Gasteiger partial charge is 0.317 e. The van der Waals surface area contributed by atoms with Crippen LogP contribution < -0.4 is 19.7 Å². The van der Waals surface area contributed by atoms with E-state index >= 15 is 0 Å². The number of hydrogen-bond donors (Lipinski definition) is 1. The fraction of sp³-hybridized carbons (Fsp3) is 0.333. The number of thiocarbonyl (C=S) groups is 1. The van der Waals surface area contributed by atoms with Crippen LogP contribution in [0.3, 0.4) is 0 Å². The Hall–Kier alpha value is -2.32. The van der Waals surface area contributed by atoms with Crippen LogP contribution in [0, 0.1) is 12.8 Å². The van der Waals surface area contributed by atoms with E-state index in [1.807, 2.05) is 55.1 Å². The average molecular weight is 477 g/mol. The van der Waals surface area contributed by atoms with Gasteiger partial charge in [0.05, 0.1) is 20.3 Å². The predicted molar refractivity (Wildman–Crippen MR) is 117 cm³/mol. The highest BCUT2D eigenvalue weighted by Gasteiger charge is 2.60. The number of nitrogens with one attached hydrogen (secondary N) is 1. The normalized spacial score (nSPS) is 24.9. The van der Waals surface area contributed by atoms with E-state index in [0.29, 0.717) is 16.6 Å². The monoisotopic (exact) mass is 476 g/mol. The van der Waals surface area contributed by atoms with Crippen molar-refractivity contribution in [3.63, 3.8) is 0 Å². The van der Waals surface area contributed by atoms with Gasteiger partial charge in [0, 0.05) is 15.7 Å². The van der Waals surface area contributed by atoms with Crippen LogP contribution in [0.25, 0.3) is 0 Å². The van der Waals surface area contributed by atoms with E-state index < -0.39 is 17.7 Å². The first-order chi connectivity index (χ1) is 13.8. The second kappa shape index (κ2) is 7.18. The van der Waals surface area contributed by atoms with Crippen LogP contribution in [-0.2, 0) is 9.53 Å². The maximum absolute atomic E-state index is 12.9. The van der Waals surface area contributed by atoms with Crippen molar-refractivity contribution >= 4 is 44.9 Å². The largest absolute Gasteiger partial charge is 0.493 e. The minimum Gasteiger partial charge on any atom is -0.493 e. The number of benzene rings is 2. The topological polar surface area (TPSA) is 60.0 Å². The number of nitrogens with zero attached hydrogens (tertiary/aromatic N) is 1. The third kappa shape index (κ3) is 3.05. The molecule has 0 radical (unpaired) electrons. The number of fused-ring (bicyclic) bond motifs is 4. The molecule has 1 N–H and O–H groups in total. The number of aryl methyl sites for hydroxylation is 1. The molecule has 29 heavy (non-hydrogen) atoms. The van der Waals surface area contributed by atoms with E-state index in [-0.39, 0.29) is 5.97 Å². The number of ether oxygens (including phenoxy) is 3. The molecule has 6 nitrogen and oxygen atoms in total. The number of rotatable bonds is 3. The number of methoxy groups -OCH3 is 2. The van der Waals surface area contributed by atoms with Crippen LogP contribution in [0.15, 0.2) is 40.9 Å². The molecule has 4 rings (SSSR count). The minimum atomic E-state index is -1.11. The molecule has 0 saturated carbocycles. The van der Waals surface area contributed by atoms with Gasteiger partial charge in [0.1, 0.15) is 5.92 Å². The Kier molecular flexibility index (Phi) is 4.94. The molecule has 1 fully saturated rings. The summed E-state index contributed by atoms with van der Waals surface area (Å²) in [6, 6.07) is 11.2. The molecule has 0 aliphatic carbocycles. The van der Waals surface area contributed by atoms with E-state index in [4.69, 9.17) is 26.4 Å². The molecular formula is C21H21BrN2O4S. The number of esters is 1. The van der Waals surface area contributed by atoms with Crippen LogP contribution in [-0.4, -0.2) is 31.0 Å². The second-order valence-corrected chi connectivity index (χ2v) is 8.59. The Morgan fingerprint density at radius 1 is 1.31 bits per heavy atom. The van der Waals surface area contributed by atoms with Gasteiger partial charge in [-0.05, 0) is 55.9 Å². The minimum absolute atomic E-state index is 0.380. The fourth-order valence-corrected chi connectivity index (χ4v) is 5.08. The molecule has 0 amide bonds. The molecule has 2 aromatic rings. The highest BCUT2D eigenvalue weighted by molar-refractivity contribution is 9.10. The molecule has 2 aromatic carbocycles. The van der Waals surface area contributed by atoms with Crippen molar-refractivity contribution in [1.29, 1.82) is 0 Å². The van der Waals surface area contributed by atoms with E-state index in [1.165, 1.54) is 7.11 Å². The SMILES string of the molecule is COC(=O)[C@@H]1[C@H]2NC(=S)N(c3cccc(C)c3)[C@@]1(C)Oc1c(OC)cc(Br)cc12. The lowest BCUT2D eigenvalue weighted by Crippen LogP contribution is -2.71. The molecular weight excluding hydrogens is 456 g/mol. The van der Waals surface area contributed by atoms with Crippen molar-refractivity contribution in [2.24, 2.45) is 5.92 Å². The summed E-state index contributed by atoms with van der Waals surface area (Å²) in [7, 11) is 2.97. The summed E-state index contributed by atoms with van der Waals surface area (Å²) >= 11 is 9.23. The van der Waals surface area contributed by atoms with Gasteiger partial charge in [-0.1, -0.05) is 28.1 Å². The van der Waals surface area contributed by atoms with E-state index in [0.717, 1.165) is 21.3 Å². The number of carbonyl (C=O) groups is 1. The fourth-order valence-electron chi connectivity index (χ4n) is 4.21. The summed E-state index contributed by atoms with van der Waals surface area (Å²) in [6.07, 6.45) is 0. The molecule has 0 spiro atoms. The lowest BCUT2D eigenvalue weighted by molar-refractivity contribution is -0.157. The van der Waals surface area contributed by atoms with Gasteiger partial charge >= 0.3 is 5.97 Å². The van der Waals surface area contributed by atoms with Gasteiger partial charge < -0.3 is 19.5 Å². The zero-order chi connectivity index (χ0) is 20.9. The molecule has 152 valence electrons. The summed E-state index contributed by atoms with van der Waals surface area (Å²) in [6.45, 7) is 3.87. The molecule has 2 bridgehead atoms. The Labute approximate surface area is 183 Å². The Morgan fingerprint density at radius 2 is 2.07 bits per heavy atom. The summed E-state index contributed by atoms with van der Waals surface area (Å²) in [5.41, 5.74) is 1.58. The highest BCUT2D eigenvalue weighted by Crippen LogP contribution is 2.53. The number of hydrogen-bond acceptors (Lipinski definition) is 5. The number of anilines is 1. The molecule has 2 heterocycles. The lowest BCUT2D eigenvalue weighted by Gasteiger charge is -2.55. The Balaban J connectivity index is 1.96. The van der Waals surface area contributed by atoms with E-state index in [9.17, 15) is 4.79 Å². The molecule has 0 unspecified atom stereocenters. The first-order valence-electron chi connectivity index (χ1n) is 9.12. The second-order valence-electron chi connectivity index (χ2n) is 7.29. The van der Waals surface area contributed by atoms with Crippen molar-refractivity contribution < 1.29 is 19.0 Å². The average Bonchev–Trinajstić information content (AvgIpc) is 2.67. The van der Waals surface area contributed by atoms with Crippen molar-refractivity contribution in [2.45, 2.75) is 25.6 Å². The Bertz CT molecular complexity index is 1010. The third-order valence-electron chi connectivity index (χ3n) is 5.46. The molecule has 3 atom stereocenters. The molecule has 2 aliphatic rings. The van der Waals surface area contributed by atoms with Crippen molar-refractivity contribution in [1.82, 2.24) is 5.32 Å². The van der Waals surface area contributed by atoms with Gasteiger partial charge in [0.2, 0.25) is 5.72 Å². The van der Waals surface area contributed by atoms with Crippen molar-refractivity contribution in [2.75, 3.05) is 19.1 Å². The van der Waals surface area contributed by atoms with Crippen LogP contribution in [0.1, 0.15) is 24.1 Å². The van der Waals surface area contributed by atoms with Crippen LogP contribution in [0.5, 0.6) is 11.5 Å². The third-order valence-corrected chi connectivity index (χ3v) is 6.22. The first-order valence-corrected chi connectivity index (χ1v) is 10.3. The van der Waals surface area contributed by atoms with Gasteiger partial charge in [-0.25, -0.2) is 0 Å². The lowest BCUT2D eigenvalue weighted by atomic mass is 9.79. The molecule has 2 aliphatic heterocycles. The molecule has 1 saturated heterocycles. The maximum atomic E-state index is 12.9. The highest BCUT2D eigenvalue weighted by atomic mass is 79.9. The number of carbonyl (C=O) groups excluding carboxylic acids is 1. The van der Waals surface area contributed by atoms with Crippen molar-refractivity contribution in [3.05, 3.63) is 52.0 Å². The Morgan fingerprint density at radius 3 is 2.72 bits per heavy atom. The van der Waals surface area contributed by atoms with Gasteiger partial charge in [0.25, 0.3) is 0 Å². The van der Waals surface area contributed by atoms with Gasteiger partial charge in [-0.3, -0.25) is 9.69 Å². The van der Waals surface area contributed by atoms with Crippen LogP contribution in [0.4, 0.5) is 5.69 Å². The number of halogens is 1. The van der Waals surface area contributed by atoms with Gasteiger partial charge in [-0.15, -0.1) is 0 Å². The quantitative estimate of drug-likeness (QED) is 0.528. The summed E-state index contributed by atoms with van der Waals surface area (Å²) in [5, 5.41) is 3.82. The van der Waals surface area contributed by atoms with Crippen molar-refractivity contribution in [3.8, 4) is 11.5 Å². The van der Waals surface area contributed by atoms with Crippen LogP contribution >= 0.6 is 28.1 Å². The first kappa shape index (κ1) is 20.0. The van der Waals surface area contributed by atoms with Gasteiger partial charge in [0.15, 0.2) is 16.6 Å². The van der Waals surface area contributed by atoms with Gasteiger partial charge in [-0.2, -0.15) is 0 Å². The predicted octanol–water partition coefficient (Wildman–Crippen LogP) is 4.10. The molecule has 8 heteroatoms. The standard InChI is InChI=1S/C21H21BrN2O4S/c1-11-6-5-7-13(8-11)24-20(29)23-17-14-9-12(22)10-15(26-3)18(14)28-21(24,2)16(17)19(25)27-4/h5-10,16-17H,1-4H3,(H,23,29)/t16-,17-,21-/m0/s1. The van der Waals surface area contributed by atoms with E-state index in [1.54, 1.807) is 7.11 Å². The van der Waals surface area contributed by atoms with E-state index in [2.05, 4.69) is 21.2 Å². The van der Waals surface area contributed by atoms with Crippen LogP contribution in [0.2, 0.25) is 0 Å². The summed E-state index contributed by atoms with van der Waals surface area (Å²) < 4.78 is 18.1. The zero-order valence-electron chi connectivity index (χ0n) is 16.5. The molecule has 0 aromatic heterocycles.